The van der Waals surface area contributed by atoms with E-state index in [2.05, 4.69) is 44.0 Å². The van der Waals surface area contributed by atoms with Crippen LogP contribution in [0.3, 0.4) is 0 Å². The first kappa shape index (κ1) is 15.0. The maximum atomic E-state index is 5.77. The number of hydrogen-bond acceptors (Lipinski definition) is 3. The maximum absolute atomic E-state index is 5.77. The molecule has 102 valence electrons. The summed E-state index contributed by atoms with van der Waals surface area (Å²) in [7, 11) is 2.13. The SMILES string of the molecule is Cc1cc(C)cc(OCCCN(C)CCCN)c1. The van der Waals surface area contributed by atoms with E-state index >= 15 is 0 Å². The first-order valence-corrected chi connectivity index (χ1v) is 6.71. The van der Waals surface area contributed by atoms with Crippen LogP contribution in [0.25, 0.3) is 0 Å². The molecular weight excluding hydrogens is 224 g/mol. The summed E-state index contributed by atoms with van der Waals surface area (Å²) in [6.07, 6.45) is 2.11. The Labute approximate surface area is 111 Å². The van der Waals surface area contributed by atoms with Gasteiger partial charge in [0.1, 0.15) is 5.75 Å². The van der Waals surface area contributed by atoms with Crippen LogP contribution in [-0.2, 0) is 0 Å². The highest BCUT2D eigenvalue weighted by Crippen LogP contribution is 2.16. The third-order valence-electron chi connectivity index (χ3n) is 2.89. The van der Waals surface area contributed by atoms with Crippen molar-refractivity contribution in [1.29, 1.82) is 0 Å². The van der Waals surface area contributed by atoms with Crippen molar-refractivity contribution in [2.45, 2.75) is 26.7 Å². The zero-order chi connectivity index (χ0) is 13.4. The van der Waals surface area contributed by atoms with Crippen molar-refractivity contribution in [3.05, 3.63) is 29.3 Å². The van der Waals surface area contributed by atoms with Crippen LogP contribution in [0, 0.1) is 13.8 Å². The van der Waals surface area contributed by atoms with Gasteiger partial charge < -0.3 is 15.4 Å². The van der Waals surface area contributed by atoms with Crippen molar-refractivity contribution < 1.29 is 4.74 Å². The molecule has 1 rings (SSSR count). The summed E-state index contributed by atoms with van der Waals surface area (Å²) >= 11 is 0. The quantitative estimate of drug-likeness (QED) is 0.720. The molecule has 0 saturated heterocycles. The molecule has 0 fully saturated rings. The summed E-state index contributed by atoms with van der Waals surface area (Å²) < 4.78 is 5.77. The van der Waals surface area contributed by atoms with Gasteiger partial charge in [0.2, 0.25) is 0 Å². The Balaban J connectivity index is 2.21. The van der Waals surface area contributed by atoms with Crippen molar-refractivity contribution >= 4 is 0 Å². The number of benzene rings is 1. The van der Waals surface area contributed by atoms with E-state index in [0.29, 0.717) is 0 Å². The zero-order valence-corrected chi connectivity index (χ0v) is 11.9. The van der Waals surface area contributed by atoms with Gasteiger partial charge >= 0.3 is 0 Å². The van der Waals surface area contributed by atoms with E-state index in [9.17, 15) is 0 Å². The second-order valence-electron chi connectivity index (χ2n) is 4.97. The summed E-state index contributed by atoms with van der Waals surface area (Å²) in [6.45, 7) is 7.87. The van der Waals surface area contributed by atoms with E-state index in [-0.39, 0.29) is 0 Å². The number of ether oxygens (including phenoxy) is 1. The van der Waals surface area contributed by atoms with E-state index in [1.54, 1.807) is 0 Å². The van der Waals surface area contributed by atoms with Crippen LogP contribution < -0.4 is 10.5 Å². The van der Waals surface area contributed by atoms with E-state index in [4.69, 9.17) is 10.5 Å². The first-order chi connectivity index (χ1) is 8.61. The predicted molar refractivity (Wildman–Crippen MR) is 77.2 cm³/mol. The summed E-state index contributed by atoms with van der Waals surface area (Å²) in [5.74, 6) is 0.983. The van der Waals surface area contributed by atoms with Crippen LogP contribution >= 0.6 is 0 Å². The van der Waals surface area contributed by atoms with Gasteiger partial charge in [0.05, 0.1) is 6.61 Å². The molecule has 0 radical (unpaired) electrons. The Morgan fingerprint density at radius 3 is 2.28 bits per heavy atom. The average molecular weight is 250 g/mol. The highest BCUT2D eigenvalue weighted by molar-refractivity contribution is 5.32. The third kappa shape index (κ3) is 6.03. The maximum Gasteiger partial charge on any atom is 0.119 e. The Kier molecular flexibility index (Phi) is 6.76. The molecule has 0 atom stereocenters. The highest BCUT2D eigenvalue weighted by Gasteiger charge is 1.99. The fourth-order valence-electron chi connectivity index (χ4n) is 2.01. The largest absolute Gasteiger partial charge is 0.494 e. The predicted octanol–water partition coefficient (Wildman–Crippen LogP) is 2.35. The molecular formula is C15H26N2O. The normalized spacial score (nSPS) is 10.9. The number of nitrogens with two attached hydrogens (primary N) is 1. The zero-order valence-electron chi connectivity index (χ0n) is 11.9. The number of rotatable bonds is 8. The van der Waals surface area contributed by atoms with Crippen LogP contribution in [0.2, 0.25) is 0 Å². The van der Waals surface area contributed by atoms with Gasteiger partial charge in [-0.2, -0.15) is 0 Å². The van der Waals surface area contributed by atoms with E-state index < -0.39 is 0 Å². The summed E-state index contributed by atoms with van der Waals surface area (Å²) in [4.78, 5) is 2.30. The number of hydrogen-bond donors (Lipinski definition) is 1. The molecule has 2 N–H and O–H groups in total. The lowest BCUT2D eigenvalue weighted by atomic mass is 10.1. The molecule has 0 heterocycles. The van der Waals surface area contributed by atoms with Gasteiger partial charge in [-0.25, -0.2) is 0 Å². The molecule has 0 saturated carbocycles. The molecule has 0 unspecified atom stereocenters. The lowest BCUT2D eigenvalue weighted by Gasteiger charge is -2.16. The van der Waals surface area contributed by atoms with Crippen LogP contribution in [0.5, 0.6) is 5.75 Å². The van der Waals surface area contributed by atoms with E-state index in [1.807, 2.05) is 0 Å². The minimum atomic E-state index is 0.767. The monoisotopic (exact) mass is 250 g/mol. The summed E-state index contributed by atoms with van der Waals surface area (Å²) in [5, 5.41) is 0. The lowest BCUT2D eigenvalue weighted by Crippen LogP contribution is -2.24. The fraction of sp³-hybridized carbons (Fsp3) is 0.600. The van der Waals surface area contributed by atoms with Gasteiger partial charge in [-0.1, -0.05) is 6.07 Å². The lowest BCUT2D eigenvalue weighted by molar-refractivity contribution is 0.261. The van der Waals surface area contributed by atoms with Gasteiger partial charge in [0.25, 0.3) is 0 Å². The number of aryl methyl sites for hydroxylation is 2. The molecule has 0 aromatic heterocycles. The Morgan fingerprint density at radius 1 is 1.06 bits per heavy atom. The Hall–Kier alpha value is -1.06. The van der Waals surface area contributed by atoms with Crippen molar-refractivity contribution in [3.63, 3.8) is 0 Å². The van der Waals surface area contributed by atoms with Gasteiger partial charge in [-0.3, -0.25) is 0 Å². The second kappa shape index (κ2) is 8.11. The van der Waals surface area contributed by atoms with Crippen LogP contribution in [-0.4, -0.2) is 38.2 Å². The van der Waals surface area contributed by atoms with Crippen molar-refractivity contribution in [3.8, 4) is 5.75 Å². The first-order valence-electron chi connectivity index (χ1n) is 6.71. The molecule has 0 aliphatic carbocycles. The molecule has 3 nitrogen and oxygen atoms in total. The summed E-state index contributed by atoms with van der Waals surface area (Å²) in [5.41, 5.74) is 7.99. The Bertz CT molecular complexity index is 332. The molecule has 3 heteroatoms. The standard InChI is InChI=1S/C15H26N2O/c1-13-10-14(2)12-15(11-13)18-9-5-8-17(3)7-4-6-16/h10-12H,4-9,16H2,1-3H3. The van der Waals surface area contributed by atoms with Gasteiger partial charge in [-0.05, 0) is 70.1 Å². The molecule has 0 spiro atoms. The van der Waals surface area contributed by atoms with Crippen LogP contribution in [0.1, 0.15) is 24.0 Å². The van der Waals surface area contributed by atoms with Gasteiger partial charge in [0, 0.05) is 6.54 Å². The molecule has 0 aliphatic heterocycles. The molecule has 18 heavy (non-hydrogen) atoms. The topological polar surface area (TPSA) is 38.5 Å². The van der Waals surface area contributed by atoms with Gasteiger partial charge in [-0.15, -0.1) is 0 Å². The van der Waals surface area contributed by atoms with Crippen LogP contribution in [0.4, 0.5) is 0 Å². The van der Waals surface area contributed by atoms with Crippen molar-refractivity contribution in [2.24, 2.45) is 5.73 Å². The van der Waals surface area contributed by atoms with Crippen molar-refractivity contribution in [2.75, 3.05) is 33.3 Å². The van der Waals surface area contributed by atoms with E-state index in [0.717, 1.165) is 44.8 Å². The third-order valence-corrected chi connectivity index (χ3v) is 2.89. The molecule has 1 aromatic carbocycles. The van der Waals surface area contributed by atoms with Crippen molar-refractivity contribution in [1.82, 2.24) is 4.90 Å². The molecule has 0 amide bonds. The number of nitrogens with zero attached hydrogens (tertiary/aromatic N) is 1. The van der Waals surface area contributed by atoms with Crippen LogP contribution in [0.15, 0.2) is 18.2 Å². The average Bonchev–Trinajstić information content (AvgIpc) is 2.31. The molecule has 1 aromatic rings. The molecule has 0 bridgehead atoms. The molecule has 0 aliphatic rings. The minimum Gasteiger partial charge on any atom is -0.494 e. The van der Waals surface area contributed by atoms with E-state index in [1.165, 1.54) is 11.1 Å². The van der Waals surface area contributed by atoms with Gasteiger partial charge in [0.15, 0.2) is 0 Å². The minimum absolute atomic E-state index is 0.767. The Morgan fingerprint density at radius 2 is 1.67 bits per heavy atom. The highest BCUT2D eigenvalue weighted by atomic mass is 16.5. The fourth-order valence-corrected chi connectivity index (χ4v) is 2.01. The smallest absolute Gasteiger partial charge is 0.119 e. The second-order valence-corrected chi connectivity index (χ2v) is 4.97. The summed E-state index contributed by atoms with van der Waals surface area (Å²) in [6, 6.07) is 6.34.